The Bertz CT molecular complexity index is 603. The Kier molecular flexibility index (Phi) is 6.08. The number of rotatable bonds is 5. The van der Waals surface area contributed by atoms with Gasteiger partial charge in [-0.2, -0.15) is 0 Å². The number of nitrogens with zero attached hydrogens (tertiary/aromatic N) is 1. The number of carbonyl (C=O) groups excluding carboxylic acids is 2. The molecule has 0 saturated carbocycles. The van der Waals surface area contributed by atoms with Gasteiger partial charge in [-0.25, -0.2) is 0 Å². The van der Waals surface area contributed by atoms with Gasteiger partial charge in [-0.1, -0.05) is 24.3 Å². The molecular weight excluding hydrogens is 316 g/mol. The van der Waals surface area contributed by atoms with Crippen LogP contribution in [0.25, 0.3) is 0 Å². The van der Waals surface area contributed by atoms with Gasteiger partial charge in [-0.3, -0.25) is 9.59 Å². The topological polar surface area (TPSA) is 58.6 Å². The fourth-order valence-electron chi connectivity index (χ4n) is 3.64. The lowest BCUT2D eigenvalue weighted by molar-refractivity contribution is -0.135. The van der Waals surface area contributed by atoms with Crippen molar-refractivity contribution in [3.05, 3.63) is 35.4 Å². The van der Waals surface area contributed by atoms with Crippen molar-refractivity contribution in [1.29, 1.82) is 0 Å². The number of aryl methyl sites for hydroxylation is 1. The molecule has 0 aromatic heterocycles. The van der Waals surface area contributed by atoms with E-state index in [9.17, 15) is 9.59 Å². The van der Waals surface area contributed by atoms with Gasteiger partial charge in [0.05, 0.1) is 12.5 Å². The summed E-state index contributed by atoms with van der Waals surface area (Å²) in [5.74, 6) is 0.290. The highest BCUT2D eigenvalue weighted by molar-refractivity contribution is 5.81. The number of benzene rings is 1. The molecule has 1 N–H and O–H groups in total. The molecule has 0 spiro atoms. The number of amides is 2. The molecule has 0 bridgehead atoms. The van der Waals surface area contributed by atoms with E-state index in [1.54, 1.807) is 0 Å². The van der Waals surface area contributed by atoms with E-state index in [0.29, 0.717) is 26.1 Å². The summed E-state index contributed by atoms with van der Waals surface area (Å²) < 4.78 is 5.54. The summed E-state index contributed by atoms with van der Waals surface area (Å²) in [6.07, 6.45) is 4.24. The second kappa shape index (κ2) is 8.48. The minimum Gasteiger partial charge on any atom is -0.376 e. The lowest BCUT2D eigenvalue weighted by Gasteiger charge is -2.31. The Morgan fingerprint density at radius 2 is 1.96 bits per heavy atom. The van der Waals surface area contributed by atoms with Gasteiger partial charge in [0.2, 0.25) is 11.8 Å². The van der Waals surface area contributed by atoms with Crippen molar-refractivity contribution in [2.45, 2.75) is 45.1 Å². The molecule has 2 amide bonds. The third kappa shape index (κ3) is 4.82. The first-order valence-electron chi connectivity index (χ1n) is 9.35. The number of hydrogen-bond acceptors (Lipinski definition) is 3. The highest BCUT2D eigenvalue weighted by Gasteiger charge is 2.28. The van der Waals surface area contributed by atoms with Gasteiger partial charge in [0, 0.05) is 32.2 Å². The van der Waals surface area contributed by atoms with Gasteiger partial charge in [-0.15, -0.1) is 0 Å². The van der Waals surface area contributed by atoms with Crippen molar-refractivity contribution >= 4 is 11.8 Å². The molecule has 136 valence electrons. The Balaban J connectivity index is 1.42. The van der Waals surface area contributed by atoms with Crippen molar-refractivity contribution in [2.75, 3.05) is 26.2 Å². The Morgan fingerprint density at radius 3 is 2.64 bits per heavy atom. The number of nitrogens with one attached hydrogen (secondary N) is 1. The summed E-state index contributed by atoms with van der Waals surface area (Å²) in [6.45, 7) is 4.80. The molecule has 1 unspecified atom stereocenters. The first-order valence-corrected chi connectivity index (χ1v) is 9.35. The molecule has 1 aromatic rings. The second-order valence-corrected chi connectivity index (χ2v) is 7.14. The number of carbonyl (C=O) groups is 2. The van der Waals surface area contributed by atoms with Gasteiger partial charge >= 0.3 is 0 Å². The van der Waals surface area contributed by atoms with Crippen LogP contribution in [0.4, 0.5) is 0 Å². The second-order valence-electron chi connectivity index (χ2n) is 7.14. The number of ether oxygens (including phenoxy) is 1. The summed E-state index contributed by atoms with van der Waals surface area (Å²) in [5.41, 5.74) is 2.24. The van der Waals surface area contributed by atoms with Crippen LogP contribution < -0.4 is 5.32 Å². The molecule has 2 heterocycles. The van der Waals surface area contributed by atoms with Gasteiger partial charge in [0.25, 0.3) is 0 Å². The third-order valence-electron chi connectivity index (χ3n) is 5.35. The summed E-state index contributed by atoms with van der Waals surface area (Å²) >= 11 is 0. The van der Waals surface area contributed by atoms with E-state index in [0.717, 1.165) is 43.4 Å². The lowest BCUT2D eigenvalue weighted by Crippen LogP contribution is -2.44. The summed E-state index contributed by atoms with van der Waals surface area (Å²) in [5, 5.41) is 3.02. The molecule has 5 heteroatoms. The number of hydrogen-bond donors (Lipinski definition) is 1. The highest BCUT2D eigenvalue weighted by atomic mass is 16.5. The smallest absolute Gasteiger partial charge is 0.226 e. The zero-order chi connectivity index (χ0) is 17.6. The zero-order valence-corrected chi connectivity index (χ0v) is 15.0. The van der Waals surface area contributed by atoms with E-state index in [-0.39, 0.29) is 23.8 Å². The quantitative estimate of drug-likeness (QED) is 0.890. The van der Waals surface area contributed by atoms with Crippen molar-refractivity contribution in [3.8, 4) is 0 Å². The van der Waals surface area contributed by atoms with E-state index in [4.69, 9.17) is 4.74 Å². The minimum absolute atomic E-state index is 0.0175. The highest BCUT2D eigenvalue weighted by Crippen LogP contribution is 2.19. The van der Waals surface area contributed by atoms with Crippen LogP contribution >= 0.6 is 0 Å². The maximum absolute atomic E-state index is 12.5. The van der Waals surface area contributed by atoms with Crippen molar-refractivity contribution in [2.24, 2.45) is 5.92 Å². The van der Waals surface area contributed by atoms with Gasteiger partial charge in [0.15, 0.2) is 0 Å². The molecule has 25 heavy (non-hydrogen) atoms. The van der Waals surface area contributed by atoms with Crippen LogP contribution in [0.3, 0.4) is 0 Å². The molecule has 5 nitrogen and oxygen atoms in total. The average molecular weight is 344 g/mol. The summed E-state index contributed by atoms with van der Waals surface area (Å²) in [6, 6.07) is 8.01. The standard InChI is InChI=1S/C20H28N2O3/c1-15-5-2-3-6-17(15)13-19(23)22-10-8-16(9-11-22)20(24)21-14-18-7-4-12-25-18/h2-3,5-6,16,18H,4,7-14H2,1H3,(H,21,24). The van der Waals surface area contributed by atoms with Gasteiger partial charge in [0.1, 0.15) is 0 Å². The Hall–Kier alpha value is -1.88. The van der Waals surface area contributed by atoms with Crippen molar-refractivity contribution < 1.29 is 14.3 Å². The molecule has 2 fully saturated rings. The summed E-state index contributed by atoms with van der Waals surface area (Å²) in [4.78, 5) is 26.7. The fourth-order valence-corrected chi connectivity index (χ4v) is 3.64. The maximum Gasteiger partial charge on any atom is 0.226 e. The van der Waals surface area contributed by atoms with E-state index >= 15 is 0 Å². The van der Waals surface area contributed by atoms with Crippen LogP contribution in [0.15, 0.2) is 24.3 Å². The van der Waals surface area contributed by atoms with Crippen LogP contribution in [-0.4, -0.2) is 49.1 Å². The predicted molar refractivity (Wildman–Crippen MR) is 96.2 cm³/mol. The fraction of sp³-hybridized carbons (Fsp3) is 0.600. The van der Waals surface area contributed by atoms with Crippen LogP contribution in [0, 0.1) is 12.8 Å². The minimum atomic E-state index is 0.0175. The molecule has 1 atom stereocenters. The number of piperidine rings is 1. The van der Waals surface area contributed by atoms with Gasteiger partial charge < -0.3 is 15.0 Å². The number of likely N-dealkylation sites (tertiary alicyclic amines) is 1. The normalized spacial score (nSPS) is 21.3. The molecule has 2 aliphatic heterocycles. The lowest BCUT2D eigenvalue weighted by atomic mass is 9.95. The molecule has 1 aromatic carbocycles. The largest absolute Gasteiger partial charge is 0.376 e. The van der Waals surface area contributed by atoms with E-state index in [1.807, 2.05) is 36.1 Å². The van der Waals surface area contributed by atoms with E-state index in [1.165, 1.54) is 0 Å². The molecular formula is C20H28N2O3. The van der Waals surface area contributed by atoms with Gasteiger partial charge in [-0.05, 0) is 43.7 Å². The molecule has 0 aliphatic carbocycles. The van der Waals surface area contributed by atoms with E-state index in [2.05, 4.69) is 5.32 Å². The van der Waals surface area contributed by atoms with Crippen molar-refractivity contribution in [1.82, 2.24) is 10.2 Å². The summed E-state index contributed by atoms with van der Waals surface area (Å²) in [7, 11) is 0. The molecule has 2 saturated heterocycles. The van der Waals surface area contributed by atoms with E-state index < -0.39 is 0 Å². The molecule has 2 aliphatic rings. The molecule has 0 radical (unpaired) electrons. The van der Waals surface area contributed by atoms with Crippen LogP contribution in [0.5, 0.6) is 0 Å². The Morgan fingerprint density at radius 1 is 1.20 bits per heavy atom. The van der Waals surface area contributed by atoms with Crippen molar-refractivity contribution in [3.63, 3.8) is 0 Å². The zero-order valence-electron chi connectivity index (χ0n) is 15.0. The monoisotopic (exact) mass is 344 g/mol. The van der Waals surface area contributed by atoms with Crippen LogP contribution in [0.2, 0.25) is 0 Å². The third-order valence-corrected chi connectivity index (χ3v) is 5.35. The maximum atomic E-state index is 12.5. The van der Waals surface area contributed by atoms with Crippen LogP contribution in [0.1, 0.15) is 36.8 Å². The average Bonchev–Trinajstić information content (AvgIpc) is 3.15. The first-order chi connectivity index (χ1) is 12.1. The van der Waals surface area contributed by atoms with Crippen LogP contribution in [-0.2, 0) is 20.7 Å². The SMILES string of the molecule is Cc1ccccc1CC(=O)N1CCC(C(=O)NCC2CCCO2)CC1. The predicted octanol–water partition coefficient (Wildman–Crippen LogP) is 2.07. The molecule has 3 rings (SSSR count). The first kappa shape index (κ1) is 17.9. The Labute approximate surface area is 149 Å².